The van der Waals surface area contributed by atoms with Crippen LogP contribution in [0.25, 0.3) is 0 Å². The van der Waals surface area contributed by atoms with Crippen molar-refractivity contribution in [1.82, 2.24) is 4.90 Å². The van der Waals surface area contributed by atoms with Crippen LogP contribution in [0.3, 0.4) is 0 Å². The second-order valence-corrected chi connectivity index (χ2v) is 5.28. The summed E-state index contributed by atoms with van der Waals surface area (Å²) in [6.45, 7) is 4.70. The van der Waals surface area contributed by atoms with Gasteiger partial charge in [-0.3, -0.25) is 4.79 Å². The van der Waals surface area contributed by atoms with E-state index in [2.05, 4.69) is 5.16 Å². The van der Waals surface area contributed by atoms with Gasteiger partial charge in [-0.1, -0.05) is 37.8 Å². The summed E-state index contributed by atoms with van der Waals surface area (Å²) >= 11 is 0. The Hall–Kier alpha value is -1.26. The lowest BCUT2D eigenvalue weighted by molar-refractivity contribution is -0.136. The Labute approximate surface area is 115 Å². The molecule has 1 aliphatic rings. The number of nitrogens with two attached hydrogens (primary N) is 1. The zero-order chi connectivity index (χ0) is 14.3. The van der Waals surface area contributed by atoms with Crippen molar-refractivity contribution < 1.29 is 10.0 Å². The number of carbonyl (C=O) groups is 1. The fraction of sp³-hybridized carbons (Fsp3) is 0.857. The highest BCUT2D eigenvalue weighted by Crippen LogP contribution is 2.24. The normalized spacial score (nSPS) is 19.2. The van der Waals surface area contributed by atoms with E-state index in [1.807, 2.05) is 18.7 Å². The third-order valence-corrected chi connectivity index (χ3v) is 3.99. The first-order valence-corrected chi connectivity index (χ1v) is 7.43. The molecule has 19 heavy (non-hydrogen) atoms. The van der Waals surface area contributed by atoms with Crippen LogP contribution in [0.5, 0.6) is 0 Å². The van der Waals surface area contributed by atoms with Crippen molar-refractivity contribution in [3.05, 3.63) is 0 Å². The molecule has 0 heterocycles. The molecule has 0 radical (unpaired) electrons. The molecule has 1 atom stereocenters. The molecule has 110 valence electrons. The number of rotatable bonds is 6. The summed E-state index contributed by atoms with van der Waals surface area (Å²) < 4.78 is 0. The Kier molecular flexibility index (Phi) is 6.67. The molecule has 5 nitrogen and oxygen atoms in total. The highest BCUT2D eigenvalue weighted by atomic mass is 16.4. The van der Waals surface area contributed by atoms with Gasteiger partial charge in [0.25, 0.3) is 0 Å². The van der Waals surface area contributed by atoms with Crippen molar-refractivity contribution in [2.45, 2.75) is 64.8 Å². The highest BCUT2D eigenvalue weighted by Gasteiger charge is 2.31. The predicted octanol–water partition coefficient (Wildman–Crippen LogP) is 2.33. The summed E-state index contributed by atoms with van der Waals surface area (Å²) in [5.74, 6) is -0.412. The molecule has 5 heteroatoms. The maximum atomic E-state index is 12.6. The van der Waals surface area contributed by atoms with Crippen LogP contribution in [-0.4, -0.2) is 34.4 Å². The second kappa shape index (κ2) is 8.02. The van der Waals surface area contributed by atoms with Gasteiger partial charge in [0.2, 0.25) is 5.91 Å². The smallest absolute Gasteiger partial charge is 0.233 e. The maximum absolute atomic E-state index is 12.6. The highest BCUT2D eigenvalue weighted by molar-refractivity contribution is 6.02. The van der Waals surface area contributed by atoms with Crippen LogP contribution in [0.1, 0.15) is 58.8 Å². The summed E-state index contributed by atoms with van der Waals surface area (Å²) in [6.07, 6.45) is 7.28. The molecule has 0 aromatic heterocycles. The van der Waals surface area contributed by atoms with Crippen molar-refractivity contribution in [2.75, 3.05) is 6.54 Å². The largest absolute Gasteiger partial charge is 0.409 e. The Morgan fingerprint density at radius 2 is 2.00 bits per heavy atom. The van der Waals surface area contributed by atoms with Gasteiger partial charge in [0, 0.05) is 12.6 Å². The van der Waals surface area contributed by atoms with E-state index in [4.69, 9.17) is 10.9 Å². The molecular formula is C14H27N3O2. The van der Waals surface area contributed by atoms with Crippen LogP contribution in [0.4, 0.5) is 0 Å². The lowest BCUT2D eigenvalue weighted by atomic mass is 9.92. The van der Waals surface area contributed by atoms with E-state index < -0.39 is 5.92 Å². The monoisotopic (exact) mass is 269 g/mol. The van der Waals surface area contributed by atoms with Crippen LogP contribution in [-0.2, 0) is 4.79 Å². The minimum absolute atomic E-state index is 0.0200. The van der Waals surface area contributed by atoms with Gasteiger partial charge in [-0.15, -0.1) is 0 Å². The van der Waals surface area contributed by atoms with E-state index in [1.165, 1.54) is 19.3 Å². The number of amides is 1. The average molecular weight is 269 g/mol. The third kappa shape index (κ3) is 4.11. The van der Waals surface area contributed by atoms with E-state index in [0.29, 0.717) is 19.0 Å². The van der Waals surface area contributed by atoms with Gasteiger partial charge in [-0.25, -0.2) is 0 Å². The molecule has 1 saturated carbocycles. The molecule has 1 unspecified atom stereocenters. The van der Waals surface area contributed by atoms with Crippen LogP contribution >= 0.6 is 0 Å². The van der Waals surface area contributed by atoms with Gasteiger partial charge in [-0.05, 0) is 26.2 Å². The van der Waals surface area contributed by atoms with Gasteiger partial charge < -0.3 is 15.8 Å². The van der Waals surface area contributed by atoms with Gasteiger partial charge in [0.05, 0.1) is 5.92 Å². The summed E-state index contributed by atoms with van der Waals surface area (Å²) in [7, 11) is 0. The maximum Gasteiger partial charge on any atom is 0.233 e. The molecule has 1 aliphatic carbocycles. The SMILES string of the molecule is CCCC(C(=O)N(CC)C1CCCCC1)C(N)=NO. The van der Waals surface area contributed by atoms with E-state index >= 15 is 0 Å². The predicted molar refractivity (Wildman–Crippen MR) is 76.1 cm³/mol. The fourth-order valence-corrected chi connectivity index (χ4v) is 2.94. The summed E-state index contributed by atoms with van der Waals surface area (Å²) in [5.41, 5.74) is 5.68. The van der Waals surface area contributed by atoms with E-state index in [1.54, 1.807) is 0 Å². The van der Waals surface area contributed by atoms with E-state index in [-0.39, 0.29) is 11.7 Å². The molecule has 1 fully saturated rings. The Balaban J connectivity index is 2.79. The minimum Gasteiger partial charge on any atom is -0.409 e. The van der Waals surface area contributed by atoms with Gasteiger partial charge in [0.15, 0.2) is 5.84 Å². The molecular weight excluding hydrogens is 242 g/mol. The first-order chi connectivity index (χ1) is 9.15. The summed E-state index contributed by atoms with van der Waals surface area (Å²) in [5, 5.41) is 11.9. The topological polar surface area (TPSA) is 78.9 Å². The van der Waals surface area contributed by atoms with Crippen molar-refractivity contribution in [3.8, 4) is 0 Å². The van der Waals surface area contributed by atoms with Crippen molar-refractivity contribution >= 4 is 11.7 Å². The van der Waals surface area contributed by atoms with E-state index in [9.17, 15) is 4.79 Å². The molecule has 0 aromatic carbocycles. The minimum atomic E-state index is -0.475. The van der Waals surface area contributed by atoms with E-state index in [0.717, 1.165) is 19.3 Å². The standard InChI is InChI=1S/C14H27N3O2/c1-3-8-12(13(15)16-19)14(18)17(4-2)11-9-6-5-7-10-11/h11-12,19H,3-10H2,1-2H3,(H2,15,16). The molecule has 0 aliphatic heterocycles. The average Bonchev–Trinajstić information content (AvgIpc) is 2.45. The Bertz CT molecular complexity index is 312. The van der Waals surface area contributed by atoms with Crippen LogP contribution in [0.2, 0.25) is 0 Å². The molecule has 0 bridgehead atoms. The second-order valence-electron chi connectivity index (χ2n) is 5.28. The summed E-state index contributed by atoms with van der Waals surface area (Å²) in [6, 6.07) is 0.331. The fourth-order valence-electron chi connectivity index (χ4n) is 2.94. The summed E-state index contributed by atoms with van der Waals surface area (Å²) in [4.78, 5) is 14.5. The lowest BCUT2D eigenvalue weighted by Gasteiger charge is -2.35. The molecule has 0 saturated heterocycles. The molecule has 1 amide bonds. The van der Waals surface area contributed by atoms with Crippen LogP contribution in [0.15, 0.2) is 5.16 Å². The Morgan fingerprint density at radius 3 is 2.47 bits per heavy atom. The molecule has 0 spiro atoms. The first-order valence-electron chi connectivity index (χ1n) is 7.43. The van der Waals surface area contributed by atoms with Crippen molar-refractivity contribution in [1.29, 1.82) is 0 Å². The zero-order valence-electron chi connectivity index (χ0n) is 12.1. The quantitative estimate of drug-likeness (QED) is 0.336. The number of oxime groups is 1. The number of amidine groups is 1. The number of hydrogen-bond acceptors (Lipinski definition) is 3. The van der Waals surface area contributed by atoms with Crippen LogP contribution < -0.4 is 5.73 Å². The lowest BCUT2D eigenvalue weighted by Crippen LogP contribution is -2.47. The number of nitrogens with zero attached hydrogens (tertiary/aromatic N) is 2. The first kappa shape index (κ1) is 15.8. The van der Waals surface area contributed by atoms with Crippen molar-refractivity contribution in [2.24, 2.45) is 16.8 Å². The van der Waals surface area contributed by atoms with Crippen LogP contribution in [0, 0.1) is 5.92 Å². The molecule has 3 N–H and O–H groups in total. The molecule has 1 rings (SSSR count). The third-order valence-electron chi connectivity index (χ3n) is 3.99. The van der Waals surface area contributed by atoms with Crippen molar-refractivity contribution in [3.63, 3.8) is 0 Å². The van der Waals surface area contributed by atoms with Gasteiger partial charge in [-0.2, -0.15) is 0 Å². The Morgan fingerprint density at radius 1 is 1.37 bits per heavy atom. The van der Waals surface area contributed by atoms with Gasteiger partial charge in [0.1, 0.15) is 0 Å². The van der Waals surface area contributed by atoms with Gasteiger partial charge >= 0.3 is 0 Å². The number of hydrogen-bond donors (Lipinski definition) is 2. The molecule has 0 aromatic rings. The number of carbonyl (C=O) groups excluding carboxylic acids is 1. The zero-order valence-corrected chi connectivity index (χ0v) is 12.1.